The molecule has 1 aromatic rings. The van der Waals surface area contributed by atoms with E-state index in [0.717, 1.165) is 18.5 Å². The first kappa shape index (κ1) is 17.3. The van der Waals surface area contributed by atoms with Crippen molar-refractivity contribution in [3.8, 4) is 0 Å². The number of rotatable bonds is 8. The minimum absolute atomic E-state index is 0.0639. The lowest BCUT2D eigenvalue weighted by Crippen LogP contribution is -2.34. The van der Waals surface area contributed by atoms with E-state index in [0.29, 0.717) is 17.2 Å². The van der Waals surface area contributed by atoms with Crippen molar-refractivity contribution < 1.29 is 8.42 Å². The minimum atomic E-state index is -3.14. The molecule has 1 aromatic carbocycles. The topological polar surface area (TPSA) is 46.2 Å². The Morgan fingerprint density at radius 3 is 2.25 bits per heavy atom. The number of sulfone groups is 1. The van der Waals surface area contributed by atoms with Gasteiger partial charge in [-0.3, -0.25) is 0 Å². The molecule has 1 N–H and O–H groups in total. The average Bonchev–Trinajstić information content (AvgIpc) is 2.39. The molecule has 5 heteroatoms. The van der Waals surface area contributed by atoms with E-state index in [1.165, 1.54) is 0 Å². The molecule has 114 valence electrons. The second-order valence-corrected chi connectivity index (χ2v) is 7.81. The van der Waals surface area contributed by atoms with Crippen LogP contribution in [0.2, 0.25) is 0 Å². The van der Waals surface area contributed by atoms with Gasteiger partial charge in [0.25, 0.3) is 0 Å². The maximum absolute atomic E-state index is 11.9. The van der Waals surface area contributed by atoms with Crippen LogP contribution in [0.1, 0.15) is 40.0 Å². The second-order valence-electron chi connectivity index (χ2n) is 5.32. The summed E-state index contributed by atoms with van der Waals surface area (Å²) in [5, 5.41) is 3.44. The van der Waals surface area contributed by atoms with Gasteiger partial charge in [-0.1, -0.05) is 13.8 Å². The number of halogens is 1. The molecule has 0 radical (unpaired) electrons. The summed E-state index contributed by atoms with van der Waals surface area (Å²) in [4.78, 5) is 0.389. The number of benzene rings is 1. The molecule has 0 amide bonds. The number of nitrogens with one attached hydrogen (secondary N) is 1. The Morgan fingerprint density at radius 1 is 1.20 bits per heavy atom. The fourth-order valence-electron chi connectivity index (χ4n) is 2.02. The van der Waals surface area contributed by atoms with Crippen LogP contribution in [-0.2, 0) is 9.84 Å². The number of hydrogen-bond donors (Lipinski definition) is 1. The molecule has 0 bridgehead atoms. The molecule has 1 atom stereocenters. The van der Waals surface area contributed by atoms with Crippen molar-refractivity contribution in [2.75, 3.05) is 16.9 Å². The standard InChI is InChI=1S/C15H24ClNO2S/c1-4-12-20(18,19)14-8-6-13(7-9-14)17-15(3,5-2)10-11-16/h6-9,17H,4-5,10-12H2,1-3H3. The molecule has 0 heterocycles. The van der Waals surface area contributed by atoms with Crippen LogP contribution in [0.5, 0.6) is 0 Å². The molecule has 0 aliphatic heterocycles. The Balaban J connectivity index is 2.87. The zero-order chi connectivity index (χ0) is 15.2. The van der Waals surface area contributed by atoms with E-state index in [1.807, 2.05) is 19.1 Å². The van der Waals surface area contributed by atoms with Crippen LogP contribution in [0.15, 0.2) is 29.2 Å². The molecule has 0 saturated carbocycles. The maximum atomic E-state index is 11.9. The Bertz CT molecular complexity index is 513. The summed E-state index contributed by atoms with van der Waals surface area (Å²) in [6.07, 6.45) is 2.45. The van der Waals surface area contributed by atoms with Crippen molar-refractivity contribution in [3.63, 3.8) is 0 Å². The molecule has 0 aliphatic carbocycles. The maximum Gasteiger partial charge on any atom is 0.178 e. The van der Waals surface area contributed by atoms with Crippen LogP contribution in [-0.4, -0.2) is 25.6 Å². The predicted octanol–water partition coefficient (Wildman–Crippen LogP) is 4.08. The largest absolute Gasteiger partial charge is 0.380 e. The van der Waals surface area contributed by atoms with Gasteiger partial charge < -0.3 is 5.32 Å². The fraction of sp³-hybridized carbons (Fsp3) is 0.600. The highest BCUT2D eigenvalue weighted by Gasteiger charge is 2.21. The van der Waals surface area contributed by atoms with Gasteiger partial charge in [0.1, 0.15) is 0 Å². The van der Waals surface area contributed by atoms with Crippen molar-refractivity contribution in [2.45, 2.75) is 50.5 Å². The first-order valence-corrected chi connectivity index (χ1v) is 9.22. The van der Waals surface area contributed by atoms with E-state index >= 15 is 0 Å². The van der Waals surface area contributed by atoms with Gasteiger partial charge in [-0.25, -0.2) is 8.42 Å². The number of hydrogen-bond acceptors (Lipinski definition) is 3. The van der Waals surface area contributed by atoms with Crippen molar-refractivity contribution >= 4 is 27.1 Å². The Labute approximate surface area is 127 Å². The molecule has 0 saturated heterocycles. The molecule has 0 fully saturated rings. The van der Waals surface area contributed by atoms with Crippen molar-refractivity contribution in [3.05, 3.63) is 24.3 Å². The molecule has 20 heavy (non-hydrogen) atoms. The van der Waals surface area contributed by atoms with Crippen LogP contribution >= 0.6 is 11.6 Å². The molecule has 0 aromatic heterocycles. The van der Waals surface area contributed by atoms with Crippen LogP contribution in [0.4, 0.5) is 5.69 Å². The normalized spacial score (nSPS) is 14.8. The van der Waals surface area contributed by atoms with Crippen molar-refractivity contribution in [1.82, 2.24) is 0 Å². The van der Waals surface area contributed by atoms with Crippen LogP contribution in [0.25, 0.3) is 0 Å². The van der Waals surface area contributed by atoms with Crippen LogP contribution in [0.3, 0.4) is 0 Å². The van der Waals surface area contributed by atoms with Gasteiger partial charge in [0.2, 0.25) is 0 Å². The highest BCUT2D eigenvalue weighted by molar-refractivity contribution is 7.91. The summed E-state index contributed by atoms with van der Waals surface area (Å²) in [6, 6.07) is 6.99. The van der Waals surface area contributed by atoms with Gasteiger partial charge in [0, 0.05) is 17.1 Å². The predicted molar refractivity (Wildman–Crippen MR) is 86.4 cm³/mol. The first-order chi connectivity index (χ1) is 9.37. The van der Waals surface area contributed by atoms with E-state index < -0.39 is 9.84 Å². The lowest BCUT2D eigenvalue weighted by Gasteiger charge is -2.30. The van der Waals surface area contributed by atoms with E-state index in [9.17, 15) is 8.42 Å². The lowest BCUT2D eigenvalue weighted by molar-refractivity contribution is 0.481. The third kappa shape index (κ3) is 4.67. The molecular formula is C15H24ClNO2S. The average molecular weight is 318 g/mol. The van der Waals surface area contributed by atoms with Gasteiger partial charge in [-0.15, -0.1) is 11.6 Å². The van der Waals surface area contributed by atoms with Crippen LogP contribution in [0, 0.1) is 0 Å². The summed E-state index contributed by atoms with van der Waals surface area (Å²) in [7, 11) is -3.14. The molecule has 3 nitrogen and oxygen atoms in total. The van der Waals surface area contributed by atoms with E-state index in [4.69, 9.17) is 11.6 Å². The molecule has 1 unspecified atom stereocenters. The van der Waals surface area contributed by atoms with Gasteiger partial charge in [0.15, 0.2) is 9.84 Å². The van der Waals surface area contributed by atoms with E-state index in [-0.39, 0.29) is 11.3 Å². The zero-order valence-electron chi connectivity index (χ0n) is 12.4. The Kier molecular flexibility index (Phi) is 6.34. The summed E-state index contributed by atoms with van der Waals surface area (Å²) in [5.41, 5.74) is 0.862. The highest BCUT2D eigenvalue weighted by atomic mass is 35.5. The Morgan fingerprint density at radius 2 is 1.80 bits per heavy atom. The van der Waals surface area contributed by atoms with Gasteiger partial charge >= 0.3 is 0 Å². The van der Waals surface area contributed by atoms with Crippen molar-refractivity contribution in [2.24, 2.45) is 0 Å². The SMILES string of the molecule is CCCS(=O)(=O)c1ccc(NC(C)(CC)CCCl)cc1. The zero-order valence-corrected chi connectivity index (χ0v) is 14.0. The monoisotopic (exact) mass is 317 g/mol. The number of alkyl halides is 1. The molecule has 0 aliphatic rings. The van der Waals surface area contributed by atoms with Gasteiger partial charge in [-0.2, -0.15) is 0 Å². The third-order valence-corrected chi connectivity index (χ3v) is 5.68. The van der Waals surface area contributed by atoms with Gasteiger partial charge in [0.05, 0.1) is 10.6 Å². The molecular weight excluding hydrogens is 294 g/mol. The lowest BCUT2D eigenvalue weighted by atomic mass is 9.95. The third-order valence-electron chi connectivity index (χ3n) is 3.56. The minimum Gasteiger partial charge on any atom is -0.380 e. The van der Waals surface area contributed by atoms with E-state index in [2.05, 4.69) is 19.2 Å². The smallest absolute Gasteiger partial charge is 0.178 e. The van der Waals surface area contributed by atoms with Crippen LogP contribution < -0.4 is 5.32 Å². The highest BCUT2D eigenvalue weighted by Crippen LogP contribution is 2.24. The van der Waals surface area contributed by atoms with E-state index in [1.54, 1.807) is 12.1 Å². The Hall–Kier alpha value is -0.740. The summed E-state index contributed by atoms with van der Waals surface area (Å²) >= 11 is 5.83. The quantitative estimate of drug-likeness (QED) is 0.735. The fourth-order valence-corrected chi connectivity index (χ4v) is 3.76. The first-order valence-electron chi connectivity index (χ1n) is 7.04. The molecule has 0 spiro atoms. The van der Waals surface area contributed by atoms with Gasteiger partial charge in [-0.05, 0) is 50.5 Å². The summed E-state index contributed by atoms with van der Waals surface area (Å²) in [6.45, 7) is 6.10. The number of anilines is 1. The summed E-state index contributed by atoms with van der Waals surface area (Å²) < 4.78 is 23.9. The van der Waals surface area contributed by atoms with Crippen molar-refractivity contribution in [1.29, 1.82) is 0 Å². The second kappa shape index (κ2) is 7.32. The summed E-state index contributed by atoms with van der Waals surface area (Å²) in [5.74, 6) is 0.791. The molecule has 1 rings (SSSR count).